The summed E-state index contributed by atoms with van der Waals surface area (Å²) in [7, 11) is 0. The molecule has 1 fully saturated rings. The van der Waals surface area contributed by atoms with Crippen molar-refractivity contribution in [3.05, 3.63) is 59.4 Å². The molecule has 1 aliphatic rings. The number of rotatable bonds is 6. The molecule has 146 valence electrons. The number of primary amides is 1. The van der Waals surface area contributed by atoms with E-state index in [2.05, 4.69) is 0 Å². The molecule has 2 amide bonds. The van der Waals surface area contributed by atoms with Crippen molar-refractivity contribution in [1.82, 2.24) is 0 Å². The minimum Gasteiger partial charge on any atom is -0.489 e. The van der Waals surface area contributed by atoms with E-state index in [9.17, 15) is 27.6 Å². The Morgan fingerprint density at radius 2 is 1.71 bits per heavy atom. The minimum atomic E-state index is -1.32. The lowest BCUT2D eigenvalue weighted by atomic mass is 10.0. The quantitative estimate of drug-likeness (QED) is 0.602. The summed E-state index contributed by atoms with van der Waals surface area (Å²) < 4.78 is 45.7. The molecule has 0 bridgehead atoms. The van der Waals surface area contributed by atoms with Gasteiger partial charge in [0.05, 0.1) is 11.5 Å². The number of ketones is 1. The second kappa shape index (κ2) is 7.71. The first-order valence-corrected chi connectivity index (χ1v) is 8.27. The maximum atomic E-state index is 13.6. The maximum Gasteiger partial charge on any atom is 0.285 e. The first kappa shape index (κ1) is 19.4. The molecular weight excluding hydrogens is 377 g/mol. The second-order valence-electron chi connectivity index (χ2n) is 6.24. The van der Waals surface area contributed by atoms with E-state index < -0.39 is 47.2 Å². The number of carbonyl (C=O) groups excluding carboxylic acids is 3. The highest BCUT2D eigenvalue weighted by Gasteiger charge is 2.36. The number of nitrogens with two attached hydrogens (primary N) is 1. The van der Waals surface area contributed by atoms with Gasteiger partial charge in [0.1, 0.15) is 18.2 Å². The number of anilines is 1. The van der Waals surface area contributed by atoms with Crippen LogP contribution < -0.4 is 15.4 Å². The standard InChI is InChI=1S/C19H15F3N2O4/c20-14-5-6-15(21)17(22)13(14)9-28-12-3-1-11(2-4-12)24-8-10(7-16(24)25)18(26)19(23)27/h1-6,10H,7-9H2,(H2,23,27). The molecule has 9 heteroatoms. The summed E-state index contributed by atoms with van der Waals surface area (Å²) in [6, 6.07) is 7.45. The number of carbonyl (C=O) groups is 3. The highest BCUT2D eigenvalue weighted by Crippen LogP contribution is 2.28. The van der Waals surface area contributed by atoms with E-state index in [1.807, 2.05) is 0 Å². The van der Waals surface area contributed by atoms with Crippen LogP contribution in [0.5, 0.6) is 5.75 Å². The van der Waals surface area contributed by atoms with Gasteiger partial charge in [-0.25, -0.2) is 13.2 Å². The van der Waals surface area contributed by atoms with Gasteiger partial charge in [-0.15, -0.1) is 0 Å². The smallest absolute Gasteiger partial charge is 0.285 e. The number of Topliss-reactive ketones (excluding diaryl/α,β-unsaturated/α-hetero) is 1. The van der Waals surface area contributed by atoms with E-state index in [-0.39, 0.29) is 24.6 Å². The molecule has 2 aromatic rings. The number of benzene rings is 2. The highest BCUT2D eigenvalue weighted by molar-refractivity contribution is 6.37. The number of ether oxygens (including phenoxy) is 1. The first-order chi connectivity index (χ1) is 13.3. The molecule has 2 N–H and O–H groups in total. The Bertz CT molecular complexity index is 947. The second-order valence-corrected chi connectivity index (χ2v) is 6.24. The maximum absolute atomic E-state index is 13.6. The third-order valence-electron chi connectivity index (χ3n) is 4.41. The summed E-state index contributed by atoms with van der Waals surface area (Å²) in [4.78, 5) is 36.1. The third kappa shape index (κ3) is 3.83. The van der Waals surface area contributed by atoms with Gasteiger partial charge in [0.15, 0.2) is 11.6 Å². The minimum absolute atomic E-state index is 0.0283. The Labute approximate surface area is 157 Å². The van der Waals surface area contributed by atoms with Crippen LogP contribution in [0.25, 0.3) is 0 Å². The summed E-state index contributed by atoms with van der Waals surface area (Å²) >= 11 is 0. The van der Waals surface area contributed by atoms with Crippen molar-refractivity contribution >= 4 is 23.3 Å². The van der Waals surface area contributed by atoms with Crippen molar-refractivity contribution < 1.29 is 32.3 Å². The Morgan fingerprint density at radius 1 is 1.07 bits per heavy atom. The summed E-state index contributed by atoms with van der Waals surface area (Å²) in [5.41, 5.74) is 4.89. The van der Waals surface area contributed by atoms with Gasteiger partial charge in [0.25, 0.3) is 5.91 Å². The molecule has 0 saturated carbocycles. The zero-order chi connectivity index (χ0) is 20.4. The van der Waals surface area contributed by atoms with Crippen LogP contribution in [0, 0.1) is 23.4 Å². The fraction of sp³-hybridized carbons (Fsp3) is 0.211. The van der Waals surface area contributed by atoms with Crippen LogP contribution >= 0.6 is 0 Å². The van der Waals surface area contributed by atoms with Gasteiger partial charge in [-0.3, -0.25) is 14.4 Å². The van der Waals surface area contributed by atoms with Crippen LogP contribution in [0.3, 0.4) is 0 Å². The van der Waals surface area contributed by atoms with Gasteiger partial charge in [0, 0.05) is 18.7 Å². The highest BCUT2D eigenvalue weighted by atomic mass is 19.2. The van der Waals surface area contributed by atoms with Gasteiger partial charge in [-0.2, -0.15) is 0 Å². The van der Waals surface area contributed by atoms with Crippen molar-refractivity contribution in [3.8, 4) is 5.75 Å². The van der Waals surface area contributed by atoms with Crippen molar-refractivity contribution in [1.29, 1.82) is 0 Å². The molecule has 3 rings (SSSR count). The largest absolute Gasteiger partial charge is 0.489 e. The molecule has 1 saturated heterocycles. The topological polar surface area (TPSA) is 89.7 Å². The van der Waals surface area contributed by atoms with Crippen LogP contribution in [0.4, 0.5) is 18.9 Å². The zero-order valence-electron chi connectivity index (χ0n) is 14.5. The van der Waals surface area contributed by atoms with Crippen molar-refractivity contribution in [2.24, 2.45) is 11.7 Å². The molecule has 1 heterocycles. The fourth-order valence-corrected chi connectivity index (χ4v) is 2.91. The van der Waals surface area contributed by atoms with E-state index in [4.69, 9.17) is 10.5 Å². The normalized spacial score (nSPS) is 16.3. The van der Waals surface area contributed by atoms with Crippen molar-refractivity contribution in [3.63, 3.8) is 0 Å². The van der Waals surface area contributed by atoms with Crippen LogP contribution in [-0.2, 0) is 21.0 Å². The van der Waals surface area contributed by atoms with Crippen molar-refractivity contribution in [2.45, 2.75) is 13.0 Å². The summed E-state index contributed by atoms with van der Waals surface area (Å²) in [5.74, 6) is -6.19. The summed E-state index contributed by atoms with van der Waals surface area (Å²) in [6.45, 7) is -0.493. The van der Waals surface area contributed by atoms with Crippen molar-refractivity contribution in [2.75, 3.05) is 11.4 Å². The Balaban J connectivity index is 1.68. The van der Waals surface area contributed by atoms with Gasteiger partial charge < -0.3 is 15.4 Å². The molecule has 1 aliphatic heterocycles. The number of amides is 2. The number of halogens is 3. The van der Waals surface area contributed by atoms with E-state index in [0.717, 1.165) is 6.07 Å². The van der Waals surface area contributed by atoms with E-state index in [1.165, 1.54) is 29.2 Å². The summed E-state index contributed by atoms with van der Waals surface area (Å²) in [5, 5.41) is 0. The lowest BCUT2D eigenvalue weighted by Gasteiger charge is -2.17. The molecule has 1 atom stereocenters. The Morgan fingerprint density at radius 3 is 2.36 bits per heavy atom. The third-order valence-corrected chi connectivity index (χ3v) is 4.41. The molecule has 2 aromatic carbocycles. The average molecular weight is 392 g/mol. The van der Waals surface area contributed by atoms with E-state index in [0.29, 0.717) is 11.8 Å². The first-order valence-electron chi connectivity index (χ1n) is 8.27. The Hall–Kier alpha value is -3.36. The predicted octanol–water partition coefficient (Wildman–Crippen LogP) is 2.09. The fourth-order valence-electron chi connectivity index (χ4n) is 2.91. The van der Waals surface area contributed by atoms with Gasteiger partial charge in [-0.05, 0) is 36.4 Å². The molecule has 6 nitrogen and oxygen atoms in total. The zero-order valence-corrected chi connectivity index (χ0v) is 14.5. The number of hydrogen-bond donors (Lipinski definition) is 1. The van der Waals surface area contributed by atoms with Crippen LogP contribution in [0.15, 0.2) is 36.4 Å². The summed E-state index contributed by atoms with van der Waals surface area (Å²) in [6.07, 6.45) is -0.113. The van der Waals surface area contributed by atoms with E-state index >= 15 is 0 Å². The molecule has 1 unspecified atom stereocenters. The molecule has 0 spiro atoms. The van der Waals surface area contributed by atoms with Gasteiger partial charge in [0.2, 0.25) is 11.7 Å². The number of hydrogen-bond acceptors (Lipinski definition) is 4. The molecule has 0 aliphatic carbocycles. The molecule has 0 aromatic heterocycles. The lowest BCUT2D eigenvalue weighted by Crippen LogP contribution is -2.32. The Kier molecular flexibility index (Phi) is 5.34. The predicted molar refractivity (Wildman–Crippen MR) is 91.8 cm³/mol. The van der Waals surface area contributed by atoms with Crippen LogP contribution in [-0.4, -0.2) is 24.1 Å². The molecule has 28 heavy (non-hydrogen) atoms. The monoisotopic (exact) mass is 392 g/mol. The van der Waals surface area contributed by atoms with Gasteiger partial charge >= 0.3 is 0 Å². The molecular formula is C19H15F3N2O4. The van der Waals surface area contributed by atoms with E-state index in [1.54, 1.807) is 0 Å². The van der Waals surface area contributed by atoms with Crippen LogP contribution in [0.2, 0.25) is 0 Å². The SMILES string of the molecule is NC(=O)C(=O)C1CC(=O)N(c2ccc(OCc3c(F)ccc(F)c3F)cc2)C1. The lowest BCUT2D eigenvalue weighted by molar-refractivity contribution is -0.138. The van der Waals surface area contributed by atoms with Crippen LogP contribution in [0.1, 0.15) is 12.0 Å². The average Bonchev–Trinajstić information content (AvgIpc) is 3.06. The molecule has 0 radical (unpaired) electrons. The number of nitrogens with zero attached hydrogens (tertiary/aromatic N) is 1. The van der Waals surface area contributed by atoms with Gasteiger partial charge in [-0.1, -0.05) is 0 Å².